The van der Waals surface area contributed by atoms with Gasteiger partial charge in [-0.2, -0.15) is 0 Å². The molecule has 1 saturated heterocycles. The van der Waals surface area contributed by atoms with E-state index in [1.807, 2.05) is 4.90 Å². The van der Waals surface area contributed by atoms with Crippen LogP contribution < -0.4 is 10.2 Å². The summed E-state index contributed by atoms with van der Waals surface area (Å²) in [6, 6.07) is 6.63. The molecule has 0 aliphatic carbocycles. The summed E-state index contributed by atoms with van der Waals surface area (Å²) in [6.45, 7) is 12.6. The molecule has 2 amide bonds. The molecule has 2 rings (SSSR count). The molecule has 0 aromatic heterocycles. The summed E-state index contributed by atoms with van der Waals surface area (Å²) in [5, 5.41) is 3.00. The van der Waals surface area contributed by atoms with Gasteiger partial charge in [0.05, 0.1) is 0 Å². The summed E-state index contributed by atoms with van der Waals surface area (Å²) in [5.74, 6) is 0.491. The molecular weight excluding hydrogens is 262 g/mol. The van der Waals surface area contributed by atoms with Crippen LogP contribution in [0.5, 0.6) is 0 Å². The van der Waals surface area contributed by atoms with Gasteiger partial charge in [-0.1, -0.05) is 26.0 Å². The van der Waals surface area contributed by atoms with Crippen molar-refractivity contribution in [2.45, 2.75) is 27.7 Å². The number of anilines is 1. The first-order chi connectivity index (χ1) is 9.97. The fraction of sp³-hybridized carbons (Fsp3) is 0.588. The SMILES string of the molecule is Cc1ccc(C)c(N2CCN(C(=O)NCC(C)C)CC2)c1. The number of carbonyl (C=O) groups is 1. The monoisotopic (exact) mass is 289 g/mol. The molecule has 1 aliphatic heterocycles. The Hall–Kier alpha value is -1.71. The molecule has 21 heavy (non-hydrogen) atoms. The van der Waals surface area contributed by atoms with Gasteiger partial charge in [-0.3, -0.25) is 0 Å². The molecule has 4 nitrogen and oxygen atoms in total. The molecular formula is C17H27N3O. The van der Waals surface area contributed by atoms with Gasteiger partial charge in [0.25, 0.3) is 0 Å². The predicted molar refractivity (Wildman–Crippen MR) is 87.9 cm³/mol. The number of piperazine rings is 1. The van der Waals surface area contributed by atoms with Crippen LogP contribution in [0.4, 0.5) is 10.5 Å². The van der Waals surface area contributed by atoms with Crippen molar-refractivity contribution in [1.82, 2.24) is 10.2 Å². The smallest absolute Gasteiger partial charge is 0.317 e. The van der Waals surface area contributed by atoms with Gasteiger partial charge in [-0.15, -0.1) is 0 Å². The Bertz CT molecular complexity index is 491. The molecule has 1 fully saturated rings. The van der Waals surface area contributed by atoms with Crippen molar-refractivity contribution in [3.63, 3.8) is 0 Å². The average molecular weight is 289 g/mol. The fourth-order valence-electron chi connectivity index (χ4n) is 2.61. The maximum absolute atomic E-state index is 12.1. The summed E-state index contributed by atoms with van der Waals surface area (Å²) >= 11 is 0. The van der Waals surface area contributed by atoms with Crippen LogP contribution in [0.15, 0.2) is 18.2 Å². The van der Waals surface area contributed by atoms with Gasteiger partial charge in [0.15, 0.2) is 0 Å². The van der Waals surface area contributed by atoms with E-state index in [-0.39, 0.29) is 6.03 Å². The zero-order chi connectivity index (χ0) is 15.4. The summed E-state index contributed by atoms with van der Waals surface area (Å²) in [6.07, 6.45) is 0. The average Bonchev–Trinajstić information content (AvgIpc) is 2.47. The third-order valence-electron chi connectivity index (χ3n) is 3.93. The molecule has 4 heteroatoms. The first kappa shape index (κ1) is 15.7. The number of urea groups is 1. The Morgan fingerprint density at radius 1 is 1.19 bits per heavy atom. The molecule has 0 bridgehead atoms. The van der Waals surface area contributed by atoms with Gasteiger partial charge in [-0.25, -0.2) is 4.79 Å². The minimum atomic E-state index is 0.0734. The lowest BCUT2D eigenvalue weighted by Gasteiger charge is -2.37. The summed E-state index contributed by atoms with van der Waals surface area (Å²) in [4.78, 5) is 16.4. The lowest BCUT2D eigenvalue weighted by Crippen LogP contribution is -2.52. The van der Waals surface area contributed by atoms with Gasteiger partial charge < -0.3 is 15.1 Å². The van der Waals surface area contributed by atoms with Gasteiger partial charge in [0.1, 0.15) is 0 Å². The Morgan fingerprint density at radius 2 is 1.86 bits per heavy atom. The van der Waals surface area contributed by atoms with Crippen LogP contribution in [-0.4, -0.2) is 43.7 Å². The Morgan fingerprint density at radius 3 is 2.48 bits per heavy atom. The number of aryl methyl sites for hydroxylation is 2. The predicted octanol–water partition coefficient (Wildman–Crippen LogP) is 2.79. The van der Waals surface area contributed by atoms with Crippen molar-refractivity contribution >= 4 is 11.7 Å². The van der Waals surface area contributed by atoms with Gasteiger partial charge in [0.2, 0.25) is 0 Å². The van der Waals surface area contributed by atoms with Crippen molar-refractivity contribution in [3.8, 4) is 0 Å². The van der Waals surface area contributed by atoms with E-state index in [0.717, 1.165) is 32.7 Å². The van der Waals surface area contributed by atoms with E-state index >= 15 is 0 Å². The lowest BCUT2D eigenvalue weighted by atomic mass is 10.1. The molecule has 1 heterocycles. The van der Waals surface area contributed by atoms with Crippen LogP contribution in [0.25, 0.3) is 0 Å². The summed E-state index contributed by atoms with van der Waals surface area (Å²) < 4.78 is 0. The number of hydrogen-bond acceptors (Lipinski definition) is 2. The van der Waals surface area contributed by atoms with Crippen LogP contribution in [-0.2, 0) is 0 Å². The second-order valence-electron chi connectivity index (χ2n) is 6.34. The van der Waals surface area contributed by atoms with Gasteiger partial charge >= 0.3 is 6.03 Å². The largest absolute Gasteiger partial charge is 0.368 e. The number of carbonyl (C=O) groups excluding carboxylic acids is 1. The van der Waals surface area contributed by atoms with E-state index in [0.29, 0.717) is 5.92 Å². The van der Waals surface area contributed by atoms with Crippen molar-refractivity contribution in [2.24, 2.45) is 5.92 Å². The number of rotatable bonds is 3. The molecule has 0 radical (unpaired) electrons. The highest BCUT2D eigenvalue weighted by Gasteiger charge is 2.21. The molecule has 1 aromatic carbocycles. The molecule has 116 valence electrons. The highest BCUT2D eigenvalue weighted by atomic mass is 16.2. The van der Waals surface area contributed by atoms with E-state index in [1.54, 1.807) is 0 Å². The second-order valence-corrected chi connectivity index (χ2v) is 6.34. The van der Waals surface area contributed by atoms with Crippen LogP contribution in [0.2, 0.25) is 0 Å². The van der Waals surface area contributed by atoms with Crippen molar-refractivity contribution in [3.05, 3.63) is 29.3 Å². The Kier molecular flexibility index (Phi) is 5.10. The lowest BCUT2D eigenvalue weighted by molar-refractivity contribution is 0.193. The first-order valence-corrected chi connectivity index (χ1v) is 7.82. The maximum atomic E-state index is 12.1. The Labute approximate surface area is 128 Å². The summed E-state index contributed by atoms with van der Waals surface area (Å²) in [5.41, 5.74) is 3.89. The topological polar surface area (TPSA) is 35.6 Å². The van der Waals surface area contributed by atoms with Gasteiger partial charge in [-0.05, 0) is 37.0 Å². The second kappa shape index (κ2) is 6.83. The van der Waals surface area contributed by atoms with E-state index in [1.165, 1.54) is 16.8 Å². The van der Waals surface area contributed by atoms with Crippen LogP contribution in [0, 0.1) is 19.8 Å². The highest BCUT2D eigenvalue weighted by molar-refractivity contribution is 5.74. The highest BCUT2D eigenvalue weighted by Crippen LogP contribution is 2.22. The van der Waals surface area contributed by atoms with E-state index in [9.17, 15) is 4.79 Å². The zero-order valence-corrected chi connectivity index (χ0v) is 13.6. The standard InChI is InChI=1S/C17H27N3O/c1-13(2)12-18-17(21)20-9-7-19(8-10-20)16-11-14(3)5-6-15(16)4/h5-6,11,13H,7-10,12H2,1-4H3,(H,18,21). The minimum absolute atomic E-state index is 0.0734. The normalized spacial score (nSPS) is 15.5. The van der Waals surface area contributed by atoms with E-state index in [2.05, 4.69) is 56.1 Å². The zero-order valence-electron chi connectivity index (χ0n) is 13.6. The fourth-order valence-corrected chi connectivity index (χ4v) is 2.61. The number of hydrogen-bond donors (Lipinski definition) is 1. The number of nitrogens with one attached hydrogen (secondary N) is 1. The molecule has 0 unspecified atom stereocenters. The quantitative estimate of drug-likeness (QED) is 0.928. The summed E-state index contributed by atoms with van der Waals surface area (Å²) in [7, 11) is 0. The molecule has 1 aromatic rings. The number of benzene rings is 1. The molecule has 0 atom stereocenters. The maximum Gasteiger partial charge on any atom is 0.317 e. The van der Waals surface area contributed by atoms with Crippen molar-refractivity contribution < 1.29 is 4.79 Å². The van der Waals surface area contributed by atoms with Crippen LogP contribution >= 0.6 is 0 Å². The van der Waals surface area contributed by atoms with Crippen LogP contribution in [0.1, 0.15) is 25.0 Å². The van der Waals surface area contributed by atoms with Crippen molar-refractivity contribution in [1.29, 1.82) is 0 Å². The molecule has 1 aliphatic rings. The van der Waals surface area contributed by atoms with Gasteiger partial charge in [0, 0.05) is 38.4 Å². The van der Waals surface area contributed by atoms with E-state index in [4.69, 9.17) is 0 Å². The molecule has 1 N–H and O–H groups in total. The number of nitrogens with zero attached hydrogens (tertiary/aromatic N) is 2. The molecule has 0 saturated carbocycles. The van der Waals surface area contributed by atoms with Crippen LogP contribution in [0.3, 0.4) is 0 Å². The number of amides is 2. The first-order valence-electron chi connectivity index (χ1n) is 7.82. The Balaban J connectivity index is 1.91. The third kappa shape index (κ3) is 4.13. The third-order valence-corrected chi connectivity index (χ3v) is 3.93. The van der Waals surface area contributed by atoms with E-state index < -0.39 is 0 Å². The minimum Gasteiger partial charge on any atom is -0.368 e. The molecule has 0 spiro atoms. The van der Waals surface area contributed by atoms with Crippen molar-refractivity contribution in [2.75, 3.05) is 37.6 Å².